The minimum Gasteiger partial charge on any atom is -0.327 e. The fourth-order valence-corrected chi connectivity index (χ4v) is 4.54. The van der Waals surface area contributed by atoms with Crippen LogP contribution >= 0.6 is 0 Å². The van der Waals surface area contributed by atoms with Crippen molar-refractivity contribution in [3.05, 3.63) is 33.4 Å². The van der Waals surface area contributed by atoms with Crippen LogP contribution in [0.4, 0.5) is 5.69 Å². The molecule has 0 radical (unpaired) electrons. The van der Waals surface area contributed by atoms with E-state index in [0.717, 1.165) is 6.42 Å². The van der Waals surface area contributed by atoms with Crippen LogP contribution in [0.2, 0.25) is 0 Å². The number of hydrogen-bond donors (Lipinski definition) is 1. The zero-order valence-corrected chi connectivity index (χ0v) is 12.9. The molecule has 21 heavy (non-hydrogen) atoms. The van der Waals surface area contributed by atoms with Crippen molar-refractivity contribution in [1.29, 1.82) is 0 Å². The molecule has 1 aromatic rings. The van der Waals surface area contributed by atoms with Gasteiger partial charge in [-0.05, 0) is 37.8 Å². The number of sulfonamides is 1. The van der Waals surface area contributed by atoms with Crippen LogP contribution in [0.25, 0.3) is 0 Å². The highest BCUT2D eigenvalue weighted by atomic mass is 32.2. The van der Waals surface area contributed by atoms with Crippen LogP contribution in [0.1, 0.15) is 24.0 Å². The quantitative estimate of drug-likeness (QED) is 0.669. The maximum Gasteiger partial charge on any atom is 0.289 e. The van der Waals surface area contributed by atoms with E-state index in [9.17, 15) is 18.5 Å². The van der Waals surface area contributed by atoms with Gasteiger partial charge in [-0.15, -0.1) is 0 Å². The Balaban J connectivity index is 2.58. The molecular formula is C13H19N3O4S. The molecule has 2 N–H and O–H groups in total. The molecule has 0 amide bonds. The highest BCUT2D eigenvalue weighted by molar-refractivity contribution is 7.89. The molecule has 2 rings (SSSR count). The minimum absolute atomic E-state index is 0.201. The molecule has 0 saturated carbocycles. The van der Waals surface area contributed by atoms with Crippen molar-refractivity contribution in [3.63, 3.8) is 0 Å². The van der Waals surface area contributed by atoms with Gasteiger partial charge < -0.3 is 5.73 Å². The summed E-state index contributed by atoms with van der Waals surface area (Å²) in [6.07, 6.45) is 1.43. The number of rotatable bonds is 3. The van der Waals surface area contributed by atoms with E-state index in [-0.39, 0.29) is 23.2 Å². The highest BCUT2D eigenvalue weighted by Gasteiger charge is 2.35. The van der Waals surface area contributed by atoms with Crippen molar-refractivity contribution >= 4 is 15.7 Å². The predicted molar refractivity (Wildman–Crippen MR) is 78.5 cm³/mol. The van der Waals surface area contributed by atoms with Gasteiger partial charge >= 0.3 is 0 Å². The number of hydrogen-bond acceptors (Lipinski definition) is 5. The van der Waals surface area contributed by atoms with E-state index in [1.807, 2.05) is 0 Å². The normalized spacial score (nSPS) is 20.4. The van der Waals surface area contributed by atoms with Crippen LogP contribution in [-0.4, -0.2) is 36.8 Å². The van der Waals surface area contributed by atoms with Gasteiger partial charge in [0.2, 0.25) is 10.0 Å². The first-order valence-electron chi connectivity index (χ1n) is 6.75. The van der Waals surface area contributed by atoms with Crippen molar-refractivity contribution in [1.82, 2.24) is 4.31 Å². The molecule has 1 unspecified atom stereocenters. The second-order valence-corrected chi connectivity index (χ2v) is 7.25. The Kier molecular flexibility index (Phi) is 4.31. The van der Waals surface area contributed by atoms with E-state index < -0.39 is 14.9 Å². The van der Waals surface area contributed by atoms with E-state index in [2.05, 4.69) is 0 Å². The average Bonchev–Trinajstić information content (AvgIpc) is 2.41. The number of nitrogens with zero attached hydrogens (tertiary/aromatic N) is 2. The molecule has 0 aliphatic carbocycles. The van der Waals surface area contributed by atoms with Crippen molar-refractivity contribution in [3.8, 4) is 0 Å². The third-order valence-electron chi connectivity index (χ3n) is 3.87. The fourth-order valence-electron chi connectivity index (χ4n) is 2.57. The van der Waals surface area contributed by atoms with Crippen LogP contribution in [0.15, 0.2) is 17.0 Å². The smallest absolute Gasteiger partial charge is 0.289 e. The van der Waals surface area contributed by atoms with Crippen molar-refractivity contribution in [2.24, 2.45) is 5.73 Å². The topological polar surface area (TPSA) is 107 Å². The van der Waals surface area contributed by atoms with Gasteiger partial charge in [-0.2, -0.15) is 4.31 Å². The van der Waals surface area contributed by atoms with Gasteiger partial charge in [0.25, 0.3) is 5.69 Å². The zero-order chi connectivity index (χ0) is 15.8. The Labute approximate surface area is 123 Å². The summed E-state index contributed by atoms with van der Waals surface area (Å²) in [7, 11) is -3.91. The van der Waals surface area contributed by atoms with E-state index in [0.29, 0.717) is 24.1 Å². The number of nitro groups is 1. The average molecular weight is 313 g/mol. The lowest BCUT2D eigenvalue weighted by molar-refractivity contribution is -0.388. The highest BCUT2D eigenvalue weighted by Crippen LogP contribution is 2.32. The molecule has 0 spiro atoms. The number of nitro benzene ring substituents is 1. The van der Waals surface area contributed by atoms with Gasteiger partial charge in [-0.3, -0.25) is 10.1 Å². The molecule has 1 aromatic carbocycles. The van der Waals surface area contributed by atoms with Crippen LogP contribution in [0.3, 0.4) is 0 Å². The molecule has 0 aromatic heterocycles. The number of nitrogens with two attached hydrogens (primary N) is 1. The SMILES string of the molecule is Cc1ccc([N+](=O)[O-])c(S(=O)(=O)N2CCCC(N)C2)c1C. The predicted octanol–water partition coefficient (Wildman–Crippen LogP) is 1.32. The zero-order valence-electron chi connectivity index (χ0n) is 12.1. The molecule has 1 saturated heterocycles. The lowest BCUT2D eigenvalue weighted by Gasteiger charge is -2.30. The molecule has 8 heteroatoms. The third kappa shape index (κ3) is 2.92. The van der Waals surface area contributed by atoms with Gasteiger partial charge in [-0.1, -0.05) is 6.07 Å². The van der Waals surface area contributed by atoms with Gasteiger partial charge in [0.1, 0.15) is 0 Å². The van der Waals surface area contributed by atoms with Crippen LogP contribution in [-0.2, 0) is 10.0 Å². The summed E-state index contributed by atoms with van der Waals surface area (Å²) < 4.78 is 26.9. The van der Waals surface area contributed by atoms with E-state index in [1.54, 1.807) is 19.9 Å². The summed E-state index contributed by atoms with van der Waals surface area (Å²) in [5.41, 5.74) is 6.58. The van der Waals surface area contributed by atoms with Gasteiger partial charge in [0.05, 0.1) is 4.92 Å². The summed E-state index contributed by atoms with van der Waals surface area (Å²) in [6.45, 7) is 3.88. The van der Waals surface area contributed by atoms with Crippen LogP contribution < -0.4 is 5.73 Å². The number of piperidine rings is 1. The first-order valence-corrected chi connectivity index (χ1v) is 8.19. The summed E-state index contributed by atoms with van der Waals surface area (Å²) in [6, 6.07) is 2.59. The maximum absolute atomic E-state index is 12.8. The Morgan fingerprint density at radius 2 is 2.05 bits per heavy atom. The van der Waals surface area contributed by atoms with Crippen molar-refractivity contribution in [2.75, 3.05) is 13.1 Å². The molecule has 0 bridgehead atoms. The maximum atomic E-state index is 12.8. The number of benzene rings is 1. The fraction of sp³-hybridized carbons (Fsp3) is 0.538. The van der Waals surface area contributed by atoms with Crippen molar-refractivity contribution in [2.45, 2.75) is 37.6 Å². The molecule has 1 aliphatic heterocycles. The molecular weight excluding hydrogens is 294 g/mol. The molecule has 7 nitrogen and oxygen atoms in total. The van der Waals surface area contributed by atoms with Gasteiger partial charge in [0, 0.05) is 25.2 Å². The third-order valence-corrected chi connectivity index (χ3v) is 5.91. The van der Waals surface area contributed by atoms with Crippen LogP contribution in [0, 0.1) is 24.0 Å². The Hall–Kier alpha value is -1.51. The van der Waals surface area contributed by atoms with Crippen molar-refractivity contribution < 1.29 is 13.3 Å². The van der Waals surface area contributed by atoms with Crippen LogP contribution in [0.5, 0.6) is 0 Å². The number of aryl methyl sites for hydroxylation is 1. The second-order valence-electron chi connectivity index (χ2n) is 5.38. The molecule has 1 atom stereocenters. The van der Waals surface area contributed by atoms with Gasteiger partial charge in [-0.25, -0.2) is 8.42 Å². The minimum atomic E-state index is -3.91. The Morgan fingerprint density at radius 3 is 2.62 bits per heavy atom. The van der Waals surface area contributed by atoms with E-state index in [1.165, 1.54) is 10.4 Å². The first-order chi connectivity index (χ1) is 9.75. The molecule has 1 heterocycles. The van der Waals surface area contributed by atoms with Gasteiger partial charge in [0.15, 0.2) is 4.90 Å². The largest absolute Gasteiger partial charge is 0.327 e. The standard InChI is InChI=1S/C13H19N3O4S/c1-9-5-6-12(16(17)18)13(10(9)2)21(19,20)15-7-3-4-11(14)8-15/h5-6,11H,3-4,7-8,14H2,1-2H3. The molecule has 116 valence electrons. The summed E-state index contributed by atoms with van der Waals surface area (Å²) in [4.78, 5) is 10.3. The second kappa shape index (κ2) is 5.70. The lowest BCUT2D eigenvalue weighted by Crippen LogP contribution is -2.45. The Morgan fingerprint density at radius 1 is 1.38 bits per heavy atom. The molecule has 1 fully saturated rings. The molecule has 1 aliphatic rings. The summed E-state index contributed by atoms with van der Waals surface area (Å²) >= 11 is 0. The van der Waals surface area contributed by atoms with E-state index >= 15 is 0 Å². The monoisotopic (exact) mass is 313 g/mol. The summed E-state index contributed by atoms with van der Waals surface area (Å²) in [5.74, 6) is 0. The van der Waals surface area contributed by atoms with E-state index in [4.69, 9.17) is 5.73 Å². The Bertz CT molecular complexity index is 672. The summed E-state index contributed by atoms with van der Waals surface area (Å²) in [5, 5.41) is 11.2. The lowest BCUT2D eigenvalue weighted by atomic mass is 10.1. The first kappa shape index (κ1) is 15.9.